The van der Waals surface area contributed by atoms with Crippen molar-refractivity contribution in [2.75, 3.05) is 6.61 Å². The molecule has 0 amide bonds. The van der Waals surface area contributed by atoms with E-state index in [1.807, 2.05) is 49.4 Å². The van der Waals surface area contributed by atoms with Crippen LogP contribution in [-0.4, -0.2) is 11.6 Å². The molecule has 0 atom stereocenters. The van der Waals surface area contributed by atoms with Gasteiger partial charge in [0, 0.05) is 11.6 Å². The molecule has 0 saturated heterocycles. The van der Waals surface area contributed by atoms with Crippen LogP contribution >= 0.6 is 28.1 Å². The van der Waals surface area contributed by atoms with Crippen molar-refractivity contribution in [1.82, 2.24) is 0 Å². The van der Waals surface area contributed by atoms with Crippen molar-refractivity contribution >= 4 is 33.1 Å². The Labute approximate surface area is 131 Å². The maximum atomic E-state index is 5.82. The molecular weight excluding hydrogens is 338 g/mol. The van der Waals surface area contributed by atoms with E-state index in [1.165, 1.54) is 0 Å². The summed E-state index contributed by atoms with van der Waals surface area (Å²) in [5.74, 6) is 2.18. The van der Waals surface area contributed by atoms with Crippen molar-refractivity contribution in [3.8, 4) is 17.2 Å². The van der Waals surface area contributed by atoms with Gasteiger partial charge in [-0.25, -0.2) is 0 Å². The maximum Gasteiger partial charge on any atom is 0.141 e. The average molecular weight is 352 g/mol. The predicted molar refractivity (Wildman–Crippen MR) is 87.7 cm³/mol. The lowest BCUT2D eigenvalue weighted by molar-refractivity contribution is 0.338. The molecule has 5 heteroatoms. The van der Waals surface area contributed by atoms with E-state index < -0.39 is 0 Å². The molecule has 0 aliphatic heterocycles. The first kappa shape index (κ1) is 14.8. The van der Waals surface area contributed by atoms with Crippen molar-refractivity contribution in [2.24, 2.45) is 5.73 Å². The van der Waals surface area contributed by atoms with Crippen LogP contribution < -0.4 is 15.2 Å². The highest BCUT2D eigenvalue weighted by atomic mass is 79.9. The fourth-order valence-corrected chi connectivity index (χ4v) is 2.24. The molecule has 20 heavy (non-hydrogen) atoms. The summed E-state index contributed by atoms with van der Waals surface area (Å²) in [6.07, 6.45) is 0. The molecule has 104 valence electrons. The SMILES string of the molecule is CCOc1cccc(Oc2ccc(C(N)=S)cc2Br)c1. The molecule has 0 aromatic heterocycles. The largest absolute Gasteiger partial charge is 0.494 e. The van der Waals surface area contributed by atoms with Crippen molar-refractivity contribution < 1.29 is 9.47 Å². The smallest absolute Gasteiger partial charge is 0.141 e. The minimum Gasteiger partial charge on any atom is -0.494 e. The fraction of sp³-hybridized carbons (Fsp3) is 0.133. The van der Waals surface area contributed by atoms with Crippen molar-refractivity contribution in [1.29, 1.82) is 0 Å². The first-order valence-corrected chi connectivity index (χ1v) is 7.30. The third kappa shape index (κ3) is 3.71. The van der Waals surface area contributed by atoms with Gasteiger partial charge in [-0.2, -0.15) is 0 Å². The number of rotatable bonds is 5. The zero-order valence-corrected chi connectivity index (χ0v) is 13.3. The minimum absolute atomic E-state index is 0.357. The first-order valence-electron chi connectivity index (χ1n) is 6.10. The van der Waals surface area contributed by atoms with Gasteiger partial charge in [0.2, 0.25) is 0 Å². The van der Waals surface area contributed by atoms with Crippen LogP contribution in [0, 0.1) is 0 Å². The number of hydrogen-bond donors (Lipinski definition) is 1. The summed E-state index contributed by atoms with van der Waals surface area (Å²) in [6.45, 7) is 2.56. The summed E-state index contributed by atoms with van der Waals surface area (Å²) < 4.78 is 12.1. The van der Waals surface area contributed by atoms with E-state index in [1.54, 1.807) is 0 Å². The van der Waals surface area contributed by atoms with Crippen LogP contribution in [0.4, 0.5) is 0 Å². The fourth-order valence-electron chi connectivity index (χ4n) is 1.66. The Balaban J connectivity index is 2.21. The van der Waals surface area contributed by atoms with Gasteiger partial charge in [-0.1, -0.05) is 18.3 Å². The van der Waals surface area contributed by atoms with Gasteiger partial charge >= 0.3 is 0 Å². The zero-order valence-electron chi connectivity index (χ0n) is 10.9. The lowest BCUT2D eigenvalue weighted by Gasteiger charge is -2.10. The predicted octanol–water partition coefficient (Wildman–Crippen LogP) is 4.27. The van der Waals surface area contributed by atoms with Crippen molar-refractivity contribution in [2.45, 2.75) is 6.92 Å². The molecular formula is C15H14BrNO2S. The highest BCUT2D eigenvalue weighted by molar-refractivity contribution is 9.10. The third-order valence-electron chi connectivity index (χ3n) is 2.56. The lowest BCUT2D eigenvalue weighted by atomic mass is 10.2. The van der Waals surface area contributed by atoms with E-state index in [9.17, 15) is 0 Å². The van der Waals surface area contributed by atoms with Gasteiger partial charge in [0.15, 0.2) is 0 Å². The monoisotopic (exact) mass is 351 g/mol. The third-order valence-corrected chi connectivity index (χ3v) is 3.42. The van der Waals surface area contributed by atoms with Crippen molar-refractivity contribution in [3.63, 3.8) is 0 Å². The van der Waals surface area contributed by atoms with Crippen LogP contribution in [0.3, 0.4) is 0 Å². The summed E-state index contributed by atoms with van der Waals surface area (Å²) >= 11 is 8.39. The number of nitrogens with two attached hydrogens (primary N) is 1. The Morgan fingerprint density at radius 2 is 1.95 bits per heavy atom. The highest BCUT2D eigenvalue weighted by Crippen LogP contribution is 2.31. The molecule has 0 heterocycles. The topological polar surface area (TPSA) is 44.5 Å². The standard InChI is InChI=1S/C15H14BrNO2S/c1-2-18-11-4-3-5-12(9-11)19-14-7-6-10(15(17)20)8-13(14)16/h3-9H,2H2,1H3,(H2,17,20). The summed E-state index contributed by atoms with van der Waals surface area (Å²) in [6, 6.07) is 13.0. The summed E-state index contributed by atoms with van der Waals surface area (Å²) in [7, 11) is 0. The molecule has 0 aliphatic rings. The average Bonchev–Trinajstić information content (AvgIpc) is 2.42. The van der Waals surface area contributed by atoms with Gasteiger partial charge < -0.3 is 15.2 Å². The second kappa shape index (κ2) is 6.72. The zero-order chi connectivity index (χ0) is 14.5. The van der Waals surface area contributed by atoms with E-state index >= 15 is 0 Å². The van der Waals surface area contributed by atoms with Gasteiger partial charge in [0.25, 0.3) is 0 Å². The van der Waals surface area contributed by atoms with Crippen LogP contribution in [0.5, 0.6) is 17.2 Å². The van der Waals surface area contributed by atoms with Gasteiger partial charge in [-0.15, -0.1) is 0 Å². The van der Waals surface area contributed by atoms with Crippen LogP contribution in [0.2, 0.25) is 0 Å². The number of thiocarbonyl (C=S) groups is 1. The normalized spacial score (nSPS) is 10.1. The summed E-state index contributed by atoms with van der Waals surface area (Å²) in [5.41, 5.74) is 6.39. The Morgan fingerprint density at radius 3 is 2.60 bits per heavy atom. The molecule has 3 nitrogen and oxygen atoms in total. The van der Waals surface area contributed by atoms with Gasteiger partial charge in [0.1, 0.15) is 22.2 Å². The van der Waals surface area contributed by atoms with Crippen LogP contribution in [0.1, 0.15) is 12.5 Å². The number of halogens is 1. The molecule has 0 spiro atoms. The number of benzene rings is 2. The van der Waals surface area contributed by atoms with Gasteiger partial charge in [0.05, 0.1) is 11.1 Å². The van der Waals surface area contributed by atoms with Crippen LogP contribution in [-0.2, 0) is 0 Å². The van der Waals surface area contributed by atoms with Crippen LogP contribution in [0.25, 0.3) is 0 Å². The Kier molecular flexibility index (Phi) is 4.98. The van der Waals surface area contributed by atoms with Crippen molar-refractivity contribution in [3.05, 3.63) is 52.5 Å². The van der Waals surface area contributed by atoms with E-state index in [4.69, 9.17) is 27.4 Å². The maximum absolute atomic E-state index is 5.82. The summed E-state index contributed by atoms with van der Waals surface area (Å²) in [4.78, 5) is 0.357. The molecule has 0 bridgehead atoms. The molecule has 0 radical (unpaired) electrons. The highest BCUT2D eigenvalue weighted by Gasteiger charge is 2.06. The molecule has 0 fully saturated rings. The van der Waals surface area contributed by atoms with E-state index in [0.29, 0.717) is 23.1 Å². The minimum atomic E-state index is 0.357. The Bertz CT molecular complexity index is 631. The van der Waals surface area contributed by atoms with E-state index in [-0.39, 0.29) is 0 Å². The molecule has 2 N–H and O–H groups in total. The molecule has 0 unspecified atom stereocenters. The Hall–Kier alpha value is -1.59. The quantitative estimate of drug-likeness (QED) is 0.816. The van der Waals surface area contributed by atoms with Gasteiger partial charge in [-0.3, -0.25) is 0 Å². The molecule has 2 aromatic rings. The Morgan fingerprint density at radius 1 is 1.20 bits per heavy atom. The second-order valence-corrected chi connectivity index (χ2v) is 5.31. The molecule has 0 aliphatic carbocycles. The molecule has 2 rings (SSSR count). The molecule has 0 saturated carbocycles. The second-order valence-electron chi connectivity index (χ2n) is 4.02. The lowest BCUT2D eigenvalue weighted by Crippen LogP contribution is -2.08. The van der Waals surface area contributed by atoms with Crippen LogP contribution in [0.15, 0.2) is 46.9 Å². The van der Waals surface area contributed by atoms with E-state index in [2.05, 4.69) is 15.9 Å². The first-order chi connectivity index (χ1) is 9.60. The molecule has 2 aromatic carbocycles. The van der Waals surface area contributed by atoms with Gasteiger partial charge in [-0.05, 0) is 53.2 Å². The number of hydrogen-bond acceptors (Lipinski definition) is 3. The number of ether oxygens (including phenoxy) is 2. The summed E-state index contributed by atoms with van der Waals surface area (Å²) in [5, 5.41) is 0. The van der Waals surface area contributed by atoms with E-state index in [0.717, 1.165) is 15.8 Å².